The van der Waals surface area contributed by atoms with Crippen LogP contribution in [0.2, 0.25) is 0 Å². The van der Waals surface area contributed by atoms with E-state index in [9.17, 15) is 4.79 Å². The Morgan fingerprint density at radius 2 is 1.97 bits per heavy atom. The molecule has 1 aliphatic carbocycles. The summed E-state index contributed by atoms with van der Waals surface area (Å²) in [6.45, 7) is 17.0. The maximum absolute atomic E-state index is 13.5. The molecule has 0 amide bonds. The van der Waals surface area contributed by atoms with Gasteiger partial charge in [0.1, 0.15) is 11.2 Å². The van der Waals surface area contributed by atoms with Crippen molar-refractivity contribution in [1.82, 2.24) is 4.57 Å². The molecule has 0 N–H and O–H groups in total. The zero-order valence-electron chi connectivity index (χ0n) is 23.7. The van der Waals surface area contributed by atoms with Crippen LogP contribution < -0.4 is 19.7 Å². The quantitative estimate of drug-likeness (QED) is 0.352. The molecule has 3 heterocycles. The van der Waals surface area contributed by atoms with Crippen LogP contribution >= 0.6 is 11.3 Å². The van der Waals surface area contributed by atoms with E-state index in [4.69, 9.17) is 4.74 Å². The molecular formula is C33H38N3O2S+. The number of allylic oxidation sites excluding steroid dienone is 6. The zero-order chi connectivity index (χ0) is 27.7. The van der Waals surface area contributed by atoms with Gasteiger partial charge >= 0.3 is 5.90 Å². The van der Waals surface area contributed by atoms with E-state index in [0.29, 0.717) is 11.1 Å². The Hall–Kier alpha value is -3.64. The number of ether oxygens (including phenoxy) is 1. The highest BCUT2D eigenvalue weighted by Crippen LogP contribution is 2.42. The van der Waals surface area contributed by atoms with Gasteiger partial charge in [-0.3, -0.25) is 9.36 Å². The number of likely N-dealkylation sites (N-methyl/N-ethyl adjacent to an activating group) is 1. The first-order valence-electron chi connectivity index (χ1n) is 13.9. The van der Waals surface area contributed by atoms with Crippen LogP contribution in [-0.2, 0) is 11.3 Å². The summed E-state index contributed by atoms with van der Waals surface area (Å²) in [6, 6.07) is 8.39. The van der Waals surface area contributed by atoms with Crippen LogP contribution in [0.3, 0.4) is 0 Å². The molecule has 3 aliphatic rings. The molecule has 1 aromatic heterocycles. The van der Waals surface area contributed by atoms with Crippen LogP contribution in [0, 0.1) is 0 Å². The number of para-hydroxylation sites is 1. The third-order valence-corrected chi connectivity index (χ3v) is 9.22. The Kier molecular flexibility index (Phi) is 7.50. The molecular weight excluding hydrogens is 502 g/mol. The monoisotopic (exact) mass is 540 g/mol. The lowest BCUT2D eigenvalue weighted by molar-refractivity contribution is -0.589. The van der Waals surface area contributed by atoms with Gasteiger partial charge in [-0.05, 0) is 63.1 Å². The van der Waals surface area contributed by atoms with Crippen molar-refractivity contribution >= 4 is 40.6 Å². The maximum atomic E-state index is 13.5. The summed E-state index contributed by atoms with van der Waals surface area (Å²) in [5.74, 6) is 1.82. The predicted molar refractivity (Wildman–Crippen MR) is 165 cm³/mol. The average molecular weight is 541 g/mol. The summed E-state index contributed by atoms with van der Waals surface area (Å²) in [4.78, 5) is 15.7. The van der Waals surface area contributed by atoms with Crippen molar-refractivity contribution in [2.75, 3.05) is 18.0 Å². The number of hydrogen-bond donors (Lipinski definition) is 0. The normalized spacial score (nSPS) is 22.4. The van der Waals surface area contributed by atoms with Crippen LogP contribution in [0.4, 0.5) is 5.69 Å². The van der Waals surface area contributed by atoms with Crippen molar-refractivity contribution in [3.05, 3.63) is 103 Å². The van der Waals surface area contributed by atoms with Gasteiger partial charge in [0.15, 0.2) is 5.76 Å². The Balaban J connectivity index is 1.62. The highest BCUT2D eigenvalue weighted by molar-refractivity contribution is 7.07. The third-order valence-electron chi connectivity index (χ3n) is 8.14. The molecule has 202 valence electrons. The first-order valence-corrected chi connectivity index (χ1v) is 14.7. The van der Waals surface area contributed by atoms with Gasteiger partial charge in [0.05, 0.1) is 10.6 Å². The molecule has 0 spiro atoms. The number of aromatic nitrogens is 1. The molecule has 0 fully saturated rings. The minimum absolute atomic E-state index is 0.0110. The fourth-order valence-corrected chi connectivity index (χ4v) is 6.85. The molecule has 39 heavy (non-hydrogen) atoms. The van der Waals surface area contributed by atoms with Gasteiger partial charge < -0.3 is 9.64 Å². The molecule has 2 aliphatic heterocycles. The minimum atomic E-state index is -0.169. The highest BCUT2D eigenvalue weighted by Gasteiger charge is 2.53. The van der Waals surface area contributed by atoms with Crippen molar-refractivity contribution in [3.8, 4) is 0 Å². The Morgan fingerprint density at radius 1 is 1.18 bits per heavy atom. The second-order valence-corrected chi connectivity index (χ2v) is 11.3. The molecule has 0 saturated heterocycles. The lowest BCUT2D eigenvalue weighted by Crippen LogP contribution is -2.42. The SMILES string of the molecule is C=CCn1c(=O)/c(=C\C=C2/C=CN(CC)c3ccccc32)s/c1=C\C1=[N+](CC)C2(CC)CC(C)=C(C)C=C2O1. The molecule has 5 rings (SSSR count). The molecule has 6 heteroatoms. The molecule has 2 aromatic rings. The minimum Gasteiger partial charge on any atom is -0.402 e. The first kappa shape index (κ1) is 26.9. The van der Waals surface area contributed by atoms with Gasteiger partial charge in [0, 0.05) is 43.4 Å². The van der Waals surface area contributed by atoms with Crippen LogP contribution in [0.1, 0.15) is 53.0 Å². The second kappa shape index (κ2) is 10.9. The highest BCUT2D eigenvalue weighted by atomic mass is 32.1. The van der Waals surface area contributed by atoms with Gasteiger partial charge in [-0.15, -0.1) is 17.9 Å². The van der Waals surface area contributed by atoms with Crippen molar-refractivity contribution in [2.45, 2.75) is 59.5 Å². The van der Waals surface area contributed by atoms with Crippen molar-refractivity contribution in [2.24, 2.45) is 0 Å². The van der Waals surface area contributed by atoms with Crippen molar-refractivity contribution in [3.63, 3.8) is 0 Å². The number of fused-ring (bicyclic) bond motifs is 2. The standard InChI is InChI=1S/C33H38N3O2S/c1-7-18-35-31(21-30-36(10-4)33(8-2)22-24(6)23(5)20-29(33)38-30)39-28(32(35)37)16-15-25-17-19-34(9-3)27-14-12-11-13-26(25)27/h7,11-17,19-21H,1,8-10,18,22H2,2-6H3/q+1/b25-15+,28-16+. The van der Waals surface area contributed by atoms with E-state index in [1.807, 2.05) is 12.2 Å². The van der Waals surface area contributed by atoms with Gasteiger partial charge in [0.25, 0.3) is 5.56 Å². The van der Waals surface area contributed by atoms with E-state index in [-0.39, 0.29) is 11.1 Å². The largest absolute Gasteiger partial charge is 0.402 e. The Morgan fingerprint density at radius 3 is 2.69 bits per heavy atom. The van der Waals surface area contributed by atoms with Gasteiger partial charge in [-0.2, -0.15) is 4.58 Å². The maximum Gasteiger partial charge on any atom is 0.371 e. The van der Waals surface area contributed by atoms with E-state index in [0.717, 1.165) is 47.8 Å². The summed E-state index contributed by atoms with van der Waals surface area (Å²) >= 11 is 1.50. The third kappa shape index (κ3) is 4.61. The van der Waals surface area contributed by atoms with E-state index in [1.165, 1.54) is 33.7 Å². The van der Waals surface area contributed by atoms with Crippen LogP contribution in [0.5, 0.6) is 0 Å². The number of rotatable bonds is 7. The number of thiazole rings is 1. The predicted octanol–water partition coefficient (Wildman–Crippen LogP) is 5.33. The Bertz CT molecular complexity index is 1660. The molecule has 1 unspecified atom stereocenters. The molecule has 0 saturated carbocycles. The number of nitrogens with zero attached hydrogens (tertiary/aromatic N) is 3. The number of anilines is 1. The summed E-state index contributed by atoms with van der Waals surface area (Å²) in [5.41, 5.74) is 5.93. The summed E-state index contributed by atoms with van der Waals surface area (Å²) < 4.78 is 12.2. The zero-order valence-corrected chi connectivity index (χ0v) is 24.5. The van der Waals surface area contributed by atoms with Crippen LogP contribution in [0.25, 0.3) is 17.7 Å². The molecule has 1 atom stereocenters. The van der Waals surface area contributed by atoms with Gasteiger partial charge in [-0.25, -0.2) is 0 Å². The van der Waals surface area contributed by atoms with Gasteiger partial charge in [-0.1, -0.05) is 42.8 Å². The summed E-state index contributed by atoms with van der Waals surface area (Å²) in [6.07, 6.45) is 16.1. The van der Waals surface area contributed by atoms with Crippen molar-refractivity contribution in [1.29, 1.82) is 0 Å². The van der Waals surface area contributed by atoms with Gasteiger partial charge in [0.2, 0.25) is 5.54 Å². The fraction of sp³-hybridized carbons (Fsp3) is 0.333. The molecule has 5 nitrogen and oxygen atoms in total. The lowest BCUT2D eigenvalue weighted by atomic mass is 9.80. The van der Waals surface area contributed by atoms with E-state index in [2.05, 4.69) is 99.4 Å². The summed E-state index contributed by atoms with van der Waals surface area (Å²) in [7, 11) is 0. The Labute approximate surface area is 235 Å². The summed E-state index contributed by atoms with van der Waals surface area (Å²) in [5, 5.41) is 0. The first-order chi connectivity index (χ1) is 18.9. The fourth-order valence-electron chi connectivity index (χ4n) is 5.87. The molecule has 1 aromatic carbocycles. The number of hydrogen-bond acceptors (Lipinski definition) is 4. The smallest absolute Gasteiger partial charge is 0.371 e. The molecule has 0 bridgehead atoms. The second-order valence-electron chi connectivity index (χ2n) is 10.3. The van der Waals surface area contributed by atoms with E-state index < -0.39 is 0 Å². The molecule has 0 radical (unpaired) electrons. The number of benzene rings is 1. The van der Waals surface area contributed by atoms with E-state index >= 15 is 0 Å². The van der Waals surface area contributed by atoms with Crippen molar-refractivity contribution < 1.29 is 9.31 Å². The lowest BCUT2D eigenvalue weighted by Gasteiger charge is -2.28. The average Bonchev–Trinajstić information content (AvgIpc) is 3.40. The van der Waals surface area contributed by atoms with Crippen LogP contribution in [0.15, 0.2) is 83.0 Å². The topological polar surface area (TPSA) is 37.5 Å². The van der Waals surface area contributed by atoms with E-state index in [1.54, 1.807) is 10.6 Å². The van der Waals surface area contributed by atoms with Crippen LogP contribution in [-0.4, -0.2) is 33.7 Å².